The van der Waals surface area contributed by atoms with Gasteiger partial charge < -0.3 is 14.2 Å². The number of furan rings is 1. The first-order chi connectivity index (χ1) is 9.40. The largest absolute Gasteiger partial charge is 0.464 e. The number of para-hydroxylation sites is 1. The van der Waals surface area contributed by atoms with Gasteiger partial charge in [-0.15, -0.1) is 0 Å². The average Bonchev–Trinajstić information content (AvgIpc) is 3.04. The van der Waals surface area contributed by atoms with Crippen molar-refractivity contribution in [3.05, 3.63) is 42.6 Å². The van der Waals surface area contributed by atoms with Crippen molar-refractivity contribution < 1.29 is 8.83 Å². The van der Waals surface area contributed by atoms with Gasteiger partial charge in [0.1, 0.15) is 17.5 Å². The highest BCUT2D eigenvalue weighted by atomic mass is 16.3. The third-order valence-electron chi connectivity index (χ3n) is 3.09. The average molecular weight is 256 g/mol. The zero-order valence-corrected chi connectivity index (χ0v) is 10.8. The van der Waals surface area contributed by atoms with E-state index in [1.807, 2.05) is 24.3 Å². The van der Waals surface area contributed by atoms with E-state index in [1.54, 1.807) is 6.26 Å². The van der Waals surface area contributed by atoms with Gasteiger partial charge in [-0.05, 0) is 19.0 Å². The van der Waals surface area contributed by atoms with Crippen LogP contribution in [0.4, 0.5) is 0 Å². The van der Waals surface area contributed by atoms with Crippen LogP contribution in [0.5, 0.6) is 0 Å². The maximum Gasteiger partial charge on any atom is 0.181 e. The predicted octanol–water partition coefficient (Wildman–Crippen LogP) is 3.59. The van der Waals surface area contributed by atoms with Crippen molar-refractivity contribution in [1.29, 1.82) is 0 Å². The lowest BCUT2D eigenvalue weighted by Gasteiger charge is -2.01. The first-order valence-corrected chi connectivity index (χ1v) is 6.50. The summed E-state index contributed by atoms with van der Waals surface area (Å²) in [4.78, 5) is 4.28. The zero-order chi connectivity index (χ0) is 13.1. The summed E-state index contributed by atoms with van der Waals surface area (Å²) in [5.41, 5.74) is 2.74. The van der Waals surface area contributed by atoms with Crippen molar-refractivity contribution >= 4 is 11.0 Å². The van der Waals surface area contributed by atoms with Gasteiger partial charge in [0.25, 0.3) is 0 Å². The molecule has 0 fully saturated rings. The molecule has 0 unspecified atom stereocenters. The normalized spacial score (nSPS) is 11.2. The van der Waals surface area contributed by atoms with E-state index in [1.165, 1.54) is 6.39 Å². The SMILES string of the molecule is CCCNCc1ncoc1-c1coc2ccccc12. The number of hydrogen-bond acceptors (Lipinski definition) is 4. The summed E-state index contributed by atoms with van der Waals surface area (Å²) in [6.45, 7) is 3.82. The highest BCUT2D eigenvalue weighted by molar-refractivity contribution is 5.92. The Kier molecular flexibility index (Phi) is 3.33. The number of aromatic nitrogens is 1. The summed E-state index contributed by atoms with van der Waals surface area (Å²) in [5, 5.41) is 4.39. The Morgan fingerprint density at radius 1 is 1.21 bits per heavy atom. The van der Waals surface area contributed by atoms with Crippen LogP contribution in [0.25, 0.3) is 22.3 Å². The third-order valence-corrected chi connectivity index (χ3v) is 3.09. The van der Waals surface area contributed by atoms with E-state index in [9.17, 15) is 0 Å². The molecule has 0 amide bonds. The molecule has 0 atom stereocenters. The third kappa shape index (κ3) is 2.27. The summed E-state index contributed by atoms with van der Waals surface area (Å²) in [6, 6.07) is 7.93. The molecule has 1 N–H and O–H groups in total. The van der Waals surface area contributed by atoms with Crippen LogP contribution in [0.3, 0.4) is 0 Å². The highest BCUT2D eigenvalue weighted by Crippen LogP contribution is 2.32. The lowest BCUT2D eigenvalue weighted by molar-refractivity contribution is 0.565. The minimum atomic E-state index is 0.708. The van der Waals surface area contributed by atoms with Crippen LogP contribution in [-0.4, -0.2) is 11.5 Å². The number of oxazole rings is 1. The molecule has 0 radical (unpaired) electrons. The first kappa shape index (κ1) is 12.0. The van der Waals surface area contributed by atoms with Gasteiger partial charge in [0, 0.05) is 11.9 Å². The Balaban J connectivity index is 1.96. The molecule has 2 aromatic heterocycles. The van der Waals surface area contributed by atoms with Crippen molar-refractivity contribution in [3.63, 3.8) is 0 Å². The van der Waals surface area contributed by atoms with Crippen LogP contribution in [0, 0.1) is 0 Å². The second-order valence-corrected chi connectivity index (χ2v) is 4.45. The van der Waals surface area contributed by atoms with E-state index in [0.29, 0.717) is 6.54 Å². The summed E-state index contributed by atoms with van der Waals surface area (Å²) in [5.74, 6) is 0.786. The topological polar surface area (TPSA) is 51.2 Å². The Labute approximate surface area is 111 Å². The van der Waals surface area contributed by atoms with Gasteiger partial charge in [-0.25, -0.2) is 4.98 Å². The Hall–Kier alpha value is -2.07. The van der Waals surface area contributed by atoms with Gasteiger partial charge in [0.05, 0.1) is 5.56 Å². The molecule has 0 spiro atoms. The minimum absolute atomic E-state index is 0.708. The molecule has 1 aromatic carbocycles. The number of benzene rings is 1. The van der Waals surface area contributed by atoms with Crippen LogP contribution in [0.1, 0.15) is 19.0 Å². The molecule has 0 aliphatic carbocycles. The quantitative estimate of drug-likeness (QED) is 0.709. The highest BCUT2D eigenvalue weighted by Gasteiger charge is 2.15. The van der Waals surface area contributed by atoms with Gasteiger partial charge in [-0.1, -0.05) is 25.1 Å². The van der Waals surface area contributed by atoms with E-state index in [0.717, 1.165) is 41.0 Å². The van der Waals surface area contributed by atoms with Crippen molar-refractivity contribution in [2.24, 2.45) is 0 Å². The van der Waals surface area contributed by atoms with Crippen molar-refractivity contribution in [2.75, 3.05) is 6.54 Å². The number of hydrogen-bond donors (Lipinski definition) is 1. The molecule has 4 heteroatoms. The molecule has 4 nitrogen and oxygen atoms in total. The number of nitrogens with one attached hydrogen (secondary N) is 1. The molecule has 3 aromatic rings. The molecule has 3 rings (SSSR count). The van der Waals surface area contributed by atoms with Crippen LogP contribution in [0.2, 0.25) is 0 Å². The molecule has 0 aliphatic heterocycles. The van der Waals surface area contributed by atoms with E-state index in [4.69, 9.17) is 8.83 Å². The van der Waals surface area contributed by atoms with Crippen LogP contribution in [-0.2, 0) is 6.54 Å². The van der Waals surface area contributed by atoms with Crippen LogP contribution >= 0.6 is 0 Å². The second-order valence-electron chi connectivity index (χ2n) is 4.45. The zero-order valence-electron chi connectivity index (χ0n) is 10.8. The van der Waals surface area contributed by atoms with E-state index >= 15 is 0 Å². The molecule has 0 bridgehead atoms. The predicted molar refractivity (Wildman–Crippen MR) is 73.7 cm³/mol. The van der Waals surface area contributed by atoms with Crippen molar-refractivity contribution in [2.45, 2.75) is 19.9 Å². The lowest BCUT2D eigenvalue weighted by atomic mass is 10.1. The molecular weight excluding hydrogens is 240 g/mol. The molecular formula is C15H16N2O2. The summed E-state index contributed by atoms with van der Waals surface area (Å²) in [7, 11) is 0. The monoisotopic (exact) mass is 256 g/mol. The van der Waals surface area contributed by atoms with Gasteiger partial charge in [-0.3, -0.25) is 0 Å². The fourth-order valence-corrected chi connectivity index (χ4v) is 2.15. The Morgan fingerprint density at radius 2 is 2.11 bits per heavy atom. The summed E-state index contributed by atoms with van der Waals surface area (Å²) >= 11 is 0. The van der Waals surface area contributed by atoms with E-state index in [2.05, 4.69) is 17.2 Å². The van der Waals surface area contributed by atoms with E-state index < -0.39 is 0 Å². The Bertz CT molecular complexity index is 669. The fourth-order valence-electron chi connectivity index (χ4n) is 2.15. The van der Waals surface area contributed by atoms with Crippen LogP contribution in [0.15, 0.2) is 45.8 Å². The smallest absolute Gasteiger partial charge is 0.181 e. The second kappa shape index (κ2) is 5.28. The molecule has 2 heterocycles. The maximum atomic E-state index is 5.55. The van der Waals surface area contributed by atoms with Crippen molar-refractivity contribution in [1.82, 2.24) is 10.3 Å². The molecule has 19 heavy (non-hydrogen) atoms. The molecule has 0 aliphatic rings. The summed E-state index contributed by atoms with van der Waals surface area (Å²) < 4.78 is 11.1. The first-order valence-electron chi connectivity index (χ1n) is 6.50. The van der Waals surface area contributed by atoms with E-state index in [-0.39, 0.29) is 0 Å². The number of fused-ring (bicyclic) bond motifs is 1. The van der Waals surface area contributed by atoms with Crippen molar-refractivity contribution in [3.8, 4) is 11.3 Å². The molecule has 98 valence electrons. The van der Waals surface area contributed by atoms with Gasteiger partial charge in [0.15, 0.2) is 12.2 Å². The molecule has 0 saturated heterocycles. The van der Waals surface area contributed by atoms with Gasteiger partial charge >= 0.3 is 0 Å². The lowest BCUT2D eigenvalue weighted by Crippen LogP contribution is -2.14. The standard InChI is InChI=1S/C15H16N2O2/c1-2-7-16-8-13-15(19-10-17-13)12-9-18-14-6-4-3-5-11(12)14/h3-6,9-10,16H,2,7-8H2,1H3. The molecule has 0 saturated carbocycles. The van der Waals surface area contributed by atoms with Crippen LogP contribution < -0.4 is 5.32 Å². The maximum absolute atomic E-state index is 5.55. The van der Waals surface area contributed by atoms with Gasteiger partial charge in [-0.2, -0.15) is 0 Å². The summed E-state index contributed by atoms with van der Waals surface area (Å²) in [6.07, 6.45) is 4.32. The fraction of sp³-hybridized carbons (Fsp3) is 0.267. The number of nitrogens with zero attached hydrogens (tertiary/aromatic N) is 1. The Morgan fingerprint density at radius 3 is 3.00 bits per heavy atom. The number of rotatable bonds is 5. The van der Waals surface area contributed by atoms with Gasteiger partial charge in [0.2, 0.25) is 0 Å². The minimum Gasteiger partial charge on any atom is -0.464 e.